The fourth-order valence-corrected chi connectivity index (χ4v) is 5.50. The van der Waals surface area contributed by atoms with Gasteiger partial charge in [-0.1, -0.05) is 6.07 Å². The van der Waals surface area contributed by atoms with Crippen molar-refractivity contribution in [2.24, 2.45) is 11.8 Å². The highest BCUT2D eigenvalue weighted by Gasteiger charge is 2.34. The van der Waals surface area contributed by atoms with E-state index in [0.29, 0.717) is 31.6 Å². The van der Waals surface area contributed by atoms with Gasteiger partial charge >= 0.3 is 12.1 Å². The maximum atomic E-state index is 13.2. The Morgan fingerprint density at radius 1 is 0.976 bits per heavy atom. The Hall–Kier alpha value is -4.22. The number of nitrogens with one attached hydrogen (secondary N) is 1. The van der Waals surface area contributed by atoms with Gasteiger partial charge in [-0.3, -0.25) is 9.59 Å². The molecule has 9 nitrogen and oxygen atoms in total. The Morgan fingerprint density at radius 3 is 2.49 bits per heavy atom. The smallest absolute Gasteiger partial charge is 0.433 e. The van der Waals surface area contributed by atoms with E-state index in [1.54, 1.807) is 23.2 Å². The van der Waals surface area contributed by atoms with Gasteiger partial charge in [0.15, 0.2) is 0 Å². The van der Waals surface area contributed by atoms with Crippen molar-refractivity contribution in [2.75, 3.05) is 36.4 Å². The molecule has 2 N–H and O–H groups in total. The molecule has 0 unspecified atom stereocenters. The summed E-state index contributed by atoms with van der Waals surface area (Å²) >= 11 is 0. The van der Waals surface area contributed by atoms with Crippen molar-refractivity contribution in [3.05, 3.63) is 60.0 Å². The lowest BCUT2D eigenvalue weighted by Gasteiger charge is -2.38. The third-order valence-corrected chi connectivity index (χ3v) is 7.54. The van der Waals surface area contributed by atoms with E-state index in [4.69, 9.17) is 0 Å². The summed E-state index contributed by atoms with van der Waals surface area (Å²) in [5, 5.41) is 12.2. The van der Waals surface area contributed by atoms with Crippen LogP contribution in [0, 0.1) is 18.8 Å². The second-order valence-electron chi connectivity index (χ2n) is 10.6. The Labute approximate surface area is 235 Å². The second kappa shape index (κ2) is 11.7. The molecule has 1 aromatic carbocycles. The summed E-state index contributed by atoms with van der Waals surface area (Å²) in [5.41, 5.74) is 2.06. The molecule has 0 saturated carbocycles. The van der Waals surface area contributed by atoms with Crippen molar-refractivity contribution in [3.8, 4) is 11.1 Å². The number of halogens is 3. The van der Waals surface area contributed by atoms with Crippen LogP contribution in [-0.4, -0.2) is 63.0 Å². The number of hydrogen-bond acceptors (Lipinski definition) is 7. The standard InChI is InChI=1S/C29H31F3N6O3/c1-18-12-22(14-23(13-18)35-28-33-9-8-24(36-28)29(30,31)32)19-6-7-25(34-15-19)37-10-2-4-20(16-37)26(39)38-11-3-5-21(17-38)27(40)41/h6-9,12-15,20-21H,2-5,10-11,16-17H2,1H3,(H,40,41)(H,33,35,36)/t20-,21-/m1/s1. The summed E-state index contributed by atoms with van der Waals surface area (Å²) in [6.07, 6.45) is 1.13. The van der Waals surface area contributed by atoms with E-state index in [-0.39, 0.29) is 24.3 Å². The topological polar surface area (TPSA) is 112 Å². The zero-order valence-corrected chi connectivity index (χ0v) is 22.6. The van der Waals surface area contributed by atoms with Crippen LogP contribution in [0.4, 0.5) is 30.6 Å². The van der Waals surface area contributed by atoms with Gasteiger partial charge < -0.3 is 20.2 Å². The third kappa shape index (κ3) is 6.75. The van der Waals surface area contributed by atoms with Gasteiger partial charge in [0.2, 0.25) is 11.9 Å². The molecule has 2 aliphatic heterocycles. The van der Waals surface area contributed by atoms with Crippen molar-refractivity contribution in [3.63, 3.8) is 0 Å². The van der Waals surface area contributed by atoms with Gasteiger partial charge in [0, 0.05) is 49.8 Å². The highest BCUT2D eigenvalue weighted by molar-refractivity contribution is 5.81. The van der Waals surface area contributed by atoms with E-state index in [2.05, 4.69) is 25.2 Å². The first kappa shape index (κ1) is 28.3. The number of pyridine rings is 1. The van der Waals surface area contributed by atoms with Crippen LogP contribution in [-0.2, 0) is 15.8 Å². The number of carbonyl (C=O) groups is 2. The summed E-state index contributed by atoms with van der Waals surface area (Å²) in [5.74, 6) is -0.948. The van der Waals surface area contributed by atoms with Crippen molar-refractivity contribution in [1.82, 2.24) is 19.9 Å². The number of hydrogen-bond donors (Lipinski definition) is 2. The van der Waals surface area contributed by atoms with Gasteiger partial charge in [-0.2, -0.15) is 13.2 Å². The Morgan fingerprint density at radius 2 is 1.76 bits per heavy atom. The van der Waals surface area contributed by atoms with E-state index in [0.717, 1.165) is 54.2 Å². The summed E-state index contributed by atoms with van der Waals surface area (Å²) in [4.78, 5) is 40.6. The van der Waals surface area contributed by atoms with Gasteiger partial charge in [0.25, 0.3) is 0 Å². The fourth-order valence-electron chi connectivity index (χ4n) is 5.50. The van der Waals surface area contributed by atoms with E-state index >= 15 is 0 Å². The third-order valence-electron chi connectivity index (χ3n) is 7.54. The number of likely N-dealkylation sites (tertiary alicyclic amines) is 1. The zero-order chi connectivity index (χ0) is 29.1. The minimum Gasteiger partial charge on any atom is -0.481 e. The van der Waals surface area contributed by atoms with E-state index in [1.807, 2.05) is 25.1 Å². The number of carboxylic acid groups (broad SMARTS) is 1. The highest BCUT2D eigenvalue weighted by atomic mass is 19.4. The second-order valence-corrected chi connectivity index (χ2v) is 10.6. The lowest BCUT2D eigenvalue weighted by atomic mass is 9.93. The summed E-state index contributed by atoms with van der Waals surface area (Å²) in [7, 11) is 0. The quantitative estimate of drug-likeness (QED) is 0.420. The number of benzene rings is 1. The van der Waals surface area contributed by atoms with E-state index in [1.165, 1.54) is 0 Å². The minimum atomic E-state index is -4.57. The minimum absolute atomic E-state index is 0.0156. The largest absolute Gasteiger partial charge is 0.481 e. The van der Waals surface area contributed by atoms with Gasteiger partial charge in [-0.25, -0.2) is 15.0 Å². The maximum absolute atomic E-state index is 13.2. The number of piperidine rings is 2. The van der Waals surface area contributed by atoms with Crippen LogP contribution in [0.2, 0.25) is 0 Å². The molecule has 2 atom stereocenters. The Kier molecular flexibility index (Phi) is 8.09. The molecule has 0 spiro atoms. The molecular weight excluding hydrogens is 537 g/mol. The SMILES string of the molecule is Cc1cc(Nc2nccc(C(F)(F)F)n2)cc(-c2ccc(N3CCC[C@@H](C(=O)N4CCC[C@@H](C(=O)O)C4)C3)nc2)c1. The predicted molar refractivity (Wildman–Crippen MR) is 147 cm³/mol. The number of carbonyl (C=O) groups excluding carboxylic acids is 1. The van der Waals surface area contributed by atoms with E-state index in [9.17, 15) is 27.9 Å². The van der Waals surface area contributed by atoms with Gasteiger partial charge in [-0.05, 0) is 74.1 Å². The molecule has 216 valence electrons. The average Bonchev–Trinajstić information content (AvgIpc) is 2.96. The first-order chi connectivity index (χ1) is 19.6. The first-order valence-corrected chi connectivity index (χ1v) is 13.6. The lowest BCUT2D eigenvalue weighted by molar-refractivity contribution is -0.147. The highest BCUT2D eigenvalue weighted by Crippen LogP contribution is 2.31. The molecule has 4 heterocycles. The number of aromatic nitrogens is 3. The number of amides is 1. The normalized spacial score (nSPS) is 19.6. The van der Waals surface area contributed by atoms with Crippen molar-refractivity contribution in [1.29, 1.82) is 0 Å². The number of nitrogens with zero attached hydrogens (tertiary/aromatic N) is 5. The van der Waals surface area contributed by atoms with Gasteiger partial charge in [-0.15, -0.1) is 0 Å². The molecule has 5 rings (SSSR count). The molecule has 0 radical (unpaired) electrons. The number of carboxylic acids is 1. The maximum Gasteiger partial charge on any atom is 0.433 e. The Bertz CT molecular complexity index is 1420. The molecule has 2 saturated heterocycles. The van der Waals surface area contributed by atoms with Crippen LogP contribution >= 0.6 is 0 Å². The van der Waals surface area contributed by atoms with Gasteiger partial charge in [0.05, 0.1) is 11.8 Å². The van der Waals surface area contributed by atoms with Crippen LogP contribution in [0.1, 0.15) is 36.9 Å². The molecule has 2 aliphatic rings. The van der Waals surface area contributed by atoms with Crippen molar-refractivity contribution >= 4 is 29.3 Å². The molecule has 2 aromatic heterocycles. The monoisotopic (exact) mass is 568 g/mol. The van der Waals surface area contributed by atoms with Crippen LogP contribution in [0.25, 0.3) is 11.1 Å². The average molecular weight is 569 g/mol. The fraction of sp³-hybridized carbons (Fsp3) is 0.414. The molecule has 1 amide bonds. The lowest BCUT2D eigenvalue weighted by Crippen LogP contribution is -2.49. The van der Waals surface area contributed by atoms with Crippen LogP contribution in [0.5, 0.6) is 0 Å². The molecule has 12 heteroatoms. The molecule has 41 heavy (non-hydrogen) atoms. The molecular formula is C29H31F3N6O3. The number of aliphatic carboxylic acids is 1. The summed E-state index contributed by atoms with van der Waals surface area (Å²) in [6, 6.07) is 10.2. The molecule has 2 fully saturated rings. The summed E-state index contributed by atoms with van der Waals surface area (Å²) in [6.45, 7) is 4.04. The van der Waals surface area contributed by atoms with Crippen LogP contribution in [0.15, 0.2) is 48.8 Å². The van der Waals surface area contributed by atoms with Crippen molar-refractivity contribution < 1.29 is 27.9 Å². The Balaban J connectivity index is 1.27. The zero-order valence-electron chi connectivity index (χ0n) is 22.6. The number of rotatable bonds is 6. The molecule has 0 aliphatic carbocycles. The molecule has 0 bridgehead atoms. The molecule has 3 aromatic rings. The number of aryl methyl sites for hydroxylation is 1. The predicted octanol–water partition coefficient (Wildman–Crippen LogP) is 5.15. The number of anilines is 3. The van der Waals surface area contributed by atoms with Crippen LogP contribution < -0.4 is 10.2 Å². The van der Waals surface area contributed by atoms with E-state index < -0.39 is 23.8 Å². The number of alkyl halides is 3. The van der Waals surface area contributed by atoms with Crippen molar-refractivity contribution in [2.45, 2.75) is 38.8 Å². The summed E-state index contributed by atoms with van der Waals surface area (Å²) < 4.78 is 39.1. The van der Waals surface area contributed by atoms with Crippen LogP contribution in [0.3, 0.4) is 0 Å². The first-order valence-electron chi connectivity index (χ1n) is 13.6. The van der Waals surface area contributed by atoms with Gasteiger partial charge in [0.1, 0.15) is 11.5 Å².